The summed E-state index contributed by atoms with van der Waals surface area (Å²) < 4.78 is 1.40. The second kappa shape index (κ2) is 5.68. The summed E-state index contributed by atoms with van der Waals surface area (Å²) in [5, 5.41) is 2.97. The van der Waals surface area contributed by atoms with Crippen molar-refractivity contribution >= 4 is 11.6 Å². The van der Waals surface area contributed by atoms with Gasteiger partial charge in [0, 0.05) is 18.4 Å². The highest BCUT2D eigenvalue weighted by Crippen LogP contribution is 2.23. The molecular weight excluding hydrogens is 266 g/mol. The minimum atomic E-state index is -0.317. The topological polar surface area (TPSA) is 63.5 Å². The van der Waals surface area contributed by atoms with Crippen LogP contribution in [0.4, 0.5) is 0 Å². The summed E-state index contributed by atoms with van der Waals surface area (Å²) in [6.07, 6.45) is 7.21. The Labute approximate surface area is 123 Å². The first-order valence-corrected chi connectivity index (χ1v) is 7.42. The van der Waals surface area contributed by atoms with Gasteiger partial charge >= 0.3 is 0 Å². The molecule has 0 aliphatic heterocycles. The van der Waals surface area contributed by atoms with Crippen LogP contribution in [0.15, 0.2) is 35.4 Å². The van der Waals surface area contributed by atoms with Crippen LogP contribution < -0.4 is 10.9 Å². The lowest BCUT2D eigenvalue weighted by Crippen LogP contribution is -2.40. The van der Waals surface area contributed by atoms with E-state index in [4.69, 9.17) is 0 Å². The molecule has 2 aromatic heterocycles. The van der Waals surface area contributed by atoms with E-state index in [-0.39, 0.29) is 23.1 Å². The zero-order chi connectivity index (χ0) is 14.8. The first kappa shape index (κ1) is 13.8. The van der Waals surface area contributed by atoms with Crippen molar-refractivity contribution in [3.8, 4) is 0 Å². The van der Waals surface area contributed by atoms with Gasteiger partial charge in [-0.3, -0.25) is 14.0 Å². The largest absolute Gasteiger partial charge is 0.349 e. The van der Waals surface area contributed by atoms with Crippen molar-refractivity contribution in [2.75, 3.05) is 0 Å². The fourth-order valence-corrected chi connectivity index (χ4v) is 2.85. The summed E-state index contributed by atoms with van der Waals surface area (Å²) in [6, 6.07) is 5.47. The third-order valence-corrected chi connectivity index (χ3v) is 4.21. The van der Waals surface area contributed by atoms with Gasteiger partial charge in [0.15, 0.2) is 0 Å². The maximum Gasteiger partial charge on any atom is 0.270 e. The summed E-state index contributed by atoms with van der Waals surface area (Å²) in [7, 11) is 0. The van der Waals surface area contributed by atoms with Gasteiger partial charge in [0.05, 0.1) is 0 Å². The number of nitrogens with one attached hydrogen (secondary N) is 1. The Balaban J connectivity index is 1.82. The number of carbonyl (C=O) groups is 1. The van der Waals surface area contributed by atoms with E-state index in [0.29, 0.717) is 5.65 Å². The van der Waals surface area contributed by atoms with Crippen LogP contribution in [-0.4, -0.2) is 21.3 Å². The Morgan fingerprint density at radius 2 is 2.05 bits per heavy atom. The Morgan fingerprint density at radius 1 is 1.29 bits per heavy atom. The second-order valence-electron chi connectivity index (χ2n) is 5.84. The molecule has 5 nitrogen and oxygen atoms in total. The van der Waals surface area contributed by atoms with Crippen LogP contribution in [0.25, 0.3) is 5.65 Å². The molecule has 1 aliphatic rings. The Bertz CT molecular complexity index is 715. The minimum absolute atomic E-state index is 0.109. The zero-order valence-electron chi connectivity index (χ0n) is 12.1. The number of nitrogens with zero attached hydrogens (tertiary/aromatic N) is 2. The molecule has 0 spiro atoms. The molecule has 1 aliphatic carbocycles. The Kier molecular flexibility index (Phi) is 3.73. The van der Waals surface area contributed by atoms with Gasteiger partial charge in [-0.25, -0.2) is 4.98 Å². The van der Waals surface area contributed by atoms with E-state index in [1.54, 1.807) is 18.3 Å². The van der Waals surface area contributed by atoms with Crippen molar-refractivity contribution < 1.29 is 4.79 Å². The molecular formula is C16H19N3O2. The fourth-order valence-electron chi connectivity index (χ4n) is 2.85. The van der Waals surface area contributed by atoms with Gasteiger partial charge < -0.3 is 5.32 Å². The van der Waals surface area contributed by atoms with Gasteiger partial charge in [-0.2, -0.15) is 0 Å². The smallest absolute Gasteiger partial charge is 0.270 e. The number of aromatic nitrogens is 2. The first-order valence-electron chi connectivity index (χ1n) is 7.42. The van der Waals surface area contributed by atoms with E-state index in [1.165, 1.54) is 10.6 Å². The number of amides is 1. The van der Waals surface area contributed by atoms with E-state index < -0.39 is 0 Å². The molecule has 5 heteroatoms. The van der Waals surface area contributed by atoms with E-state index in [1.807, 2.05) is 6.07 Å². The maximum absolute atomic E-state index is 12.3. The summed E-state index contributed by atoms with van der Waals surface area (Å²) in [5.41, 5.74) is 0.338. The molecule has 1 fully saturated rings. The fraction of sp³-hybridized carbons (Fsp3) is 0.438. The summed E-state index contributed by atoms with van der Waals surface area (Å²) >= 11 is 0. The second-order valence-corrected chi connectivity index (χ2v) is 5.84. The summed E-state index contributed by atoms with van der Waals surface area (Å²) in [4.78, 5) is 28.8. The van der Waals surface area contributed by atoms with Crippen LogP contribution in [-0.2, 0) is 0 Å². The molecule has 110 valence electrons. The monoisotopic (exact) mass is 285 g/mol. The number of hydrogen-bond donors (Lipinski definition) is 1. The quantitative estimate of drug-likeness (QED) is 0.918. The van der Waals surface area contributed by atoms with Crippen molar-refractivity contribution in [2.24, 2.45) is 5.92 Å². The predicted molar refractivity (Wildman–Crippen MR) is 80.3 cm³/mol. The molecule has 21 heavy (non-hydrogen) atoms. The van der Waals surface area contributed by atoms with Gasteiger partial charge in [0.25, 0.3) is 11.5 Å². The molecule has 2 heterocycles. The summed E-state index contributed by atoms with van der Waals surface area (Å²) in [5.74, 6) is 0.413. The molecule has 0 bridgehead atoms. The number of rotatable bonds is 2. The van der Waals surface area contributed by atoms with E-state index in [9.17, 15) is 9.59 Å². The normalized spacial score (nSPS) is 22.1. The zero-order valence-corrected chi connectivity index (χ0v) is 12.1. The highest BCUT2D eigenvalue weighted by atomic mass is 16.2. The van der Waals surface area contributed by atoms with Gasteiger partial charge in [0.2, 0.25) is 0 Å². The Hall–Kier alpha value is -2.17. The molecule has 1 saturated carbocycles. The SMILES string of the molecule is CC1CCC(NC(=O)c2cnc3ccccn3c2=O)CC1. The van der Waals surface area contributed by atoms with Crippen molar-refractivity contribution in [1.82, 2.24) is 14.7 Å². The lowest BCUT2D eigenvalue weighted by molar-refractivity contribution is 0.0921. The third kappa shape index (κ3) is 2.82. The molecule has 2 aromatic rings. The molecule has 0 radical (unpaired) electrons. The number of hydrogen-bond acceptors (Lipinski definition) is 3. The van der Waals surface area contributed by atoms with E-state index in [2.05, 4.69) is 17.2 Å². The molecule has 1 amide bonds. The number of pyridine rings is 1. The van der Waals surface area contributed by atoms with E-state index in [0.717, 1.165) is 31.6 Å². The van der Waals surface area contributed by atoms with Crippen LogP contribution in [0.5, 0.6) is 0 Å². The highest BCUT2D eigenvalue weighted by Gasteiger charge is 2.21. The average molecular weight is 285 g/mol. The van der Waals surface area contributed by atoms with Crippen LogP contribution in [0.2, 0.25) is 0 Å². The number of carbonyl (C=O) groups excluding carboxylic acids is 1. The Morgan fingerprint density at radius 3 is 2.81 bits per heavy atom. The van der Waals surface area contributed by atoms with Crippen molar-refractivity contribution in [1.29, 1.82) is 0 Å². The lowest BCUT2D eigenvalue weighted by atomic mass is 9.87. The van der Waals surface area contributed by atoms with Crippen molar-refractivity contribution in [3.63, 3.8) is 0 Å². The van der Waals surface area contributed by atoms with Crippen LogP contribution in [0, 0.1) is 5.92 Å². The van der Waals surface area contributed by atoms with Crippen LogP contribution in [0.1, 0.15) is 43.0 Å². The lowest BCUT2D eigenvalue weighted by Gasteiger charge is -2.26. The third-order valence-electron chi connectivity index (χ3n) is 4.21. The maximum atomic E-state index is 12.3. The highest BCUT2D eigenvalue weighted by molar-refractivity contribution is 5.93. The van der Waals surface area contributed by atoms with Crippen LogP contribution >= 0.6 is 0 Å². The van der Waals surface area contributed by atoms with Gasteiger partial charge in [0.1, 0.15) is 11.2 Å². The number of fused-ring (bicyclic) bond motifs is 1. The van der Waals surface area contributed by atoms with Gasteiger partial charge in [-0.1, -0.05) is 13.0 Å². The average Bonchev–Trinajstić information content (AvgIpc) is 2.50. The molecule has 0 saturated heterocycles. The van der Waals surface area contributed by atoms with Crippen molar-refractivity contribution in [3.05, 3.63) is 46.5 Å². The van der Waals surface area contributed by atoms with Crippen molar-refractivity contribution in [2.45, 2.75) is 38.6 Å². The van der Waals surface area contributed by atoms with Crippen LogP contribution in [0.3, 0.4) is 0 Å². The molecule has 0 unspecified atom stereocenters. The van der Waals surface area contributed by atoms with Gasteiger partial charge in [-0.15, -0.1) is 0 Å². The molecule has 3 rings (SSSR count). The first-order chi connectivity index (χ1) is 10.1. The van der Waals surface area contributed by atoms with Gasteiger partial charge in [-0.05, 0) is 43.7 Å². The molecule has 0 atom stereocenters. The summed E-state index contributed by atoms with van der Waals surface area (Å²) in [6.45, 7) is 2.23. The standard InChI is InChI=1S/C16H19N3O2/c1-11-5-7-12(8-6-11)18-15(20)13-10-17-14-4-2-3-9-19(14)16(13)21/h2-4,9-12H,5-8H2,1H3,(H,18,20). The minimum Gasteiger partial charge on any atom is -0.349 e. The molecule has 1 N–H and O–H groups in total. The predicted octanol–water partition coefficient (Wildman–Crippen LogP) is 2.00. The van der Waals surface area contributed by atoms with E-state index >= 15 is 0 Å². The molecule has 0 aromatic carbocycles.